The summed E-state index contributed by atoms with van der Waals surface area (Å²) in [5, 5.41) is 12.7. The van der Waals surface area contributed by atoms with E-state index in [4.69, 9.17) is 4.74 Å². The number of carboxylic acid groups (broad SMARTS) is 1. The van der Waals surface area contributed by atoms with Crippen molar-refractivity contribution in [3.05, 3.63) is 59.7 Å². The molecule has 7 nitrogen and oxygen atoms in total. The fourth-order valence-electron chi connectivity index (χ4n) is 6.23. The summed E-state index contributed by atoms with van der Waals surface area (Å²) in [4.78, 5) is 39.6. The number of aliphatic carboxylic acids is 1. The van der Waals surface area contributed by atoms with Crippen LogP contribution in [0.3, 0.4) is 0 Å². The minimum absolute atomic E-state index is 0.0303. The first-order valence-electron chi connectivity index (χ1n) is 12.4. The number of benzene rings is 2. The zero-order valence-corrected chi connectivity index (χ0v) is 20.2. The van der Waals surface area contributed by atoms with E-state index in [1.54, 1.807) is 0 Å². The van der Waals surface area contributed by atoms with E-state index in [1.165, 1.54) is 16.0 Å². The molecule has 5 rings (SSSR count). The van der Waals surface area contributed by atoms with Gasteiger partial charge in [0, 0.05) is 18.5 Å². The highest BCUT2D eigenvalue weighted by Crippen LogP contribution is 2.44. The van der Waals surface area contributed by atoms with Crippen LogP contribution in [0.5, 0.6) is 0 Å². The standard InChI is InChI=1S/C28H32N2O5/c1-28(2)14-15-30(24(28)26(32)33)25(31)21-12-7-13-23(21)29-27(34)35-16-22-19-10-5-3-8-17(19)18-9-4-6-11-20(18)22/h3-6,8-11,21-24H,7,12-16H2,1-2H3,(H,29,34)(H,32,33). The Morgan fingerprint density at radius 1 is 1.03 bits per heavy atom. The second-order valence-corrected chi connectivity index (χ2v) is 10.6. The van der Waals surface area contributed by atoms with E-state index in [0.29, 0.717) is 25.8 Å². The van der Waals surface area contributed by atoms with Crippen molar-refractivity contribution in [2.75, 3.05) is 13.2 Å². The number of nitrogens with one attached hydrogen (secondary N) is 1. The number of alkyl carbamates (subject to hydrolysis) is 1. The summed E-state index contributed by atoms with van der Waals surface area (Å²) in [5.74, 6) is -1.60. The Balaban J connectivity index is 1.24. The molecule has 184 valence electrons. The van der Waals surface area contributed by atoms with Gasteiger partial charge in [-0.2, -0.15) is 0 Å². The largest absolute Gasteiger partial charge is 0.480 e. The average Bonchev–Trinajstić information content (AvgIpc) is 3.51. The normalized spacial score (nSPS) is 24.6. The van der Waals surface area contributed by atoms with Gasteiger partial charge in [-0.25, -0.2) is 9.59 Å². The van der Waals surface area contributed by atoms with Crippen LogP contribution in [0.15, 0.2) is 48.5 Å². The molecule has 3 unspecified atom stereocenters. The van der Waals surface area contributed by atoms with E-state index >= 15 is 0 Å². The molecule has 1 saturated carbocycles. The van der Waals surface area contributed by atoms with Gasteiger partial charge in [-0.3, -0.25) is 4.79 Å². The maximum absolute atomic E-state index is 13.4. The van der Waals surface area contributed by atoms with E-state index in [9.17, 15) is 19.5 Å². The Labute approximate surface area is 205 Å². The molecule has 2 aromatic rings. The second kappa shape index (κ2) is 9.02. The molecule has 0 aromatic heterocycles. The first-order valence-corrected chi connectivity index (χ1v) is 12.4. The van der Waals surface area contributed by atoms with Gasteiger partial charge in [0.2, 0.25) is 5.91 Å². The molecule has 7 heteroatoms. The molecule has 0 bridgehead atoms. The molecule has 2 N–H and O–H groups in total. The molecule has 1 saturated heterocycles. The van der Waals surface area contributed by atoms with E-state index in [2.05, 4.69) is 29.6 Å². The summed E-state index contributed by atoms with van der Waals surface area (Å²) < 4.78 is 5.68. The lowest BCUT2D eigenvalue weighted by molar-refractivity contribution is -0.153. The van der Waals surface area contributed by atoms with Crippen molar-refractivity contribution in [2.45, 2.75) is 57.5 Å². The zero-order valence-electron chi connectivity index (χ0n) is 20.2. The van der Waals surface area contributed by atoms with Crippen LogP contribution in [0.25, 0.3) is 11.1 Å². The Bertz CT molecular complexity index is 1110. The van der Waals surface area contributed by atoms with Crippen LogP contribution in [0.4, 0.5) is 4.79 Å². The minimum Gasteiger partial charge on any atom is -0.480 e. The molecule has 2 amide bonds. The van der Waals surface area contributed by atoms with Crippen molar-refractivity contribution in [3.8, 4) is 11.1 Å². The second-order valence-electron chi connectivity index (χ2n) is 10.6. The van der Waals surface area contributed by atoms with E-state index in [0.717, 1.165) is 17.5 Å². The molecular formula is C28H32N2O5. The molecule has 1 aliphatic heterocycles. The van der Waals surface area contributed by atoms with E-state index in [1.807, 2.05) is 38.1 Å². The minimum atomic E-state index is -0.972. The van der Waals surface area contributed by atoms with E-state index in [-0.39, 0.29) is 24.5 Å². The average molecular weight is 477 g/mol. The van der Waals surface area contributed by atoms with Crippen LogP contribution in [-0.2, 0) is 14.3 Å². The van der Waals surface area contributed by atoms with Crippen molar-refractivity contribution in [2.24, 2.45) is 11.3 Å². The number of rotatable bonds is 5. The maximum atomic E-state index is 13.4. The number of likely N-dealkylation sites (tertiary alicyclic amines) is 1. The quantitative estimate of drug-likeness (QED) is 0.667. The summed E-state index contributed by atoms with van der Waals surface area (Å²) in [5.41, 5.74) is 4.15. The summed E-state index contributed by atoms with van der Waals surface area (Å²) in [7, 11) is 0. The number of carbonyl (C=O) groups excluding carboxylic acids is 2. The van der Waals surface area contributed by atoms with Crippen molar-refractivity contribution >= 4 is 18.0 Å². The van der Waals surface area contributed by atoms with E-state index < -0.39 is 29.4 Å². The van der Waals surface area contributed by atoms with Crippen molar-refractivity contribution in [3.63, 3.8) is 0 Å². The fourth-order valence-corrected chi connectivity index (χ4v) is 6.23. The first kappa shape index (κ1) is 23.4. The van der Waals surface area contributed by atoms with Gasteiger partial charge in [-0.05, 0) is 46.9 Å². The van der Waals surface area contributed by atoms with Crippen LogP contribution < -0.4 is 5.32 Å². The molecule has 0 spiro atoms. The number of nitrogens with zero attached hydrogens (tertiary/aromatic N) is 1. The van der Waals surface area contributed by atoms with Gasteiger partial charge in [-0.1, -0.05) is 68.8 Å². The lowest BCUT2D eigenvalue weighted by Crippen LogP contribution is -2.51. The number of ether oxygens (including phenoxy) is 1. The van der Waals surface area contributed by atoms with Gasteiger partial charge < -0.3 is 20.1 Å². The smallest absolute Gasteiger partial charge is 0.407 e. The van der Waals surface area contributed by atoms with Gasteiger partial charge in [0.1, 0.15) is 12.6 Å². The van der Waals surface area contributed by atoms with Crippen LogP contribution in [0.2, 0.25) is 0 Å². The Hall–Kier alpha value is -3.35. The SMILES string of the molecule is CC1(C)CCN(C(=O)C2CCCC2NC(=O)OCC2c3ccccc3-c3ccccc32)C1C(=O)O. The molecule has 0 radical (unpaired) electrons. The molecule has 3 atom stereocenters. The topological polar surface area (TPSA) is 95.9 Å². The number of amides is 2. The zero-order chi connectivity index (χ0) is 24.7. The Morgan fingerprint density at radius 2 is 1.66 bits per heavy atom. The lowest BCUT2D eigenvalue weighted by atomic mass is 9.84. The number of carboxylic acids is 1. The highest BCUT2D eigenvalue weighted by molar-refractivity contribution is 5.87. The monoisotopic (exact) mass is 476 g/mol. The Kier molecular flexibility index (Phi) is 6.03. The number of hydrogen-bond donors (Lipinski definition) is 2. The molecule has 35 heavy (non-hydrogen) atoms. The van der Waals surface area contributed by atoms with Gasteiger partial charge in [0.15, 0.2) is 0 Å². The number of carbonyl (C=O) groups is 3. The molecular weight excluding hydrogens is 444 g/mol. The summed E-state index contributed by atoms with van der Waals surface area (Å²) in [6.07, 6.45) is 2.23. The van der Waals surface area contributed by atoms with Crippen molar-refractivity contribution in [1.82, 2.24) is 10.2 Å². The van der Waals surface area contributed by atoms with Crippen LogP contribution >= 0.6 is 0 Å². The van der Waals surface area contributed by atoms with Crippen LogP contribution in [0, 0.1) is 11.3 Å². The van der Waals surface area contributed by atoms with Crippen molar-refractivity contribution in [1.29, 1.82) is 0 Å². The number of hydrogen-bond acceptors (Lipinski definition) is 4. The lowest BCUT2D eigenvalue weighted by Gasteiger charge is -2.32. The molecule has 2 aromatic carbocycles. The third kappa shape index (κ3) is 4.17. The van der Waals surface area contributed by atoms with Gasteiger partial charge in [0.05, 0.1) is 5.92 Å². The Morgan fingerprint density at radius 3 is 2.29 bits per heavy atom. The maximum Gasteiger partial charge on any atom is 0.407 e. The number of fused-ring (bicyclic) bond motifs is 3. The highest BCUT2D eigenvalue weighted by Gasteiger charge is 2.50. The molecule has 1 heterocycles. The third-order valence-corrected chi connectivity index (χ3v) is 8.05. The molecule has 2 fully saturated rings. The molecule has 3 aliphatic rings. The summed E-state index contributed by atoms with van der Waals surface area (Å²) in [6, 6.07) is 15.2. The van der Waals surface area contributed by atoms with Gasteiger partial charge >= 0.3 is 12.1 Å². The summed E-state index contributed by atoms with van der Waals surface area (Å²) in [6.45, 7) is 4.42. The first-order chi connectivity index (χ1) is 16.8. The van der Waals surface area contributed by atoms with Gasteiger partial charge in [0.25, 0.3) is 0 Å². The van der Waals surface area contributed by atoms with Gasteiger partial charge in [-0.15, -0.1) is 0 Å². The fraction of sp³-hybridized carbons (Fsp3) is 0.464. The third-order valence-electron chi connectivity index (χ3n) is 8.05. The van der Waals surface area contributed by atoms with Crippen LogP contribution in [0.1, 0.15) is 56.6 Å². The summed E-state index contributed by atoms with van der Waals surface area (Å²) >= 11 is 0. The predicted molar refractivity (Wildman–Crippen MR) is 131 cm³/mol. The van der Waals surface area contributed by atoms with Crippen LogP contribution in [-0.4, -0.2) is 53.2 Å². The predicted octanol–water partition coefficient (Wildman–Crippen LogP) is 4.41. The van der Waals surface area contributed by atoms with Crippen molar-refractivity contribution < 1.29 is 24.2 Å². The molecule has 2 aliphatic carbocycles. The highest BCUT2D eigenvalue weighted by atomic mass is 16.5.